The molecule has 0 aliphatic carbocycles. The highest BCUT2D eigenvalue weighted by atomic mass is 16.5. The molecule has 1 aliphatic rings. The first kappa shape index (κ1) is 28.8. The number of amides is 2. The number of carbonyl (C=O) groups excluding carboxylic acids is 2. The van der Waals surface area contributed by atoms with Crippen molar-refractivity contribution in [2.75, 3.05) is 13.7 Å². The Morgan fingerprint density at radius 3 is 2.50 bits per heavy atom. The van der Waals surface area contributed by atoms with Crippen molar-refractivity contribution in [3.63, 3.8) is 0 Å². The number of rotatable bonds is 6. The van der Waals surface area contributed by atoms with Crippen molar-refractivity contribution in [1.29, 1.82) is 0 Å². The zero-order valence-corrected chi connectivity index (χ0v) is 21.6. The van der Waals surface area contributed by atoms with E-state index in [0.717, 1.165) is 23.2 Å². The van der Waals surface area contributed by atoms with Gasteiger partial charge in [-0.15, -0.1) is 6.42 Å². The molecule has 1 aliphatic heterocycles. The minimum Gasteiger partial charge on any atom is -0.496 e. The van der Waals surface area contributed by atoms with Gasteiger partial charge in [-0.2, -0.15) is 0 Å². The summed E-state index contributed by atoms with van der Waals surface area (Å²) >= 11 is 0. The van der Waals surface area contributed by atoms with Gasteiger partial charge in [0.15, 0.2) is 0 Å². The number of methoxy groups -OCH3 is 1. The molecule has 186 valence electrons. The molecule has 3 rings (SSSR count). The Morgan fingerprint density at radius 2 is 2.00 bits per heavy atom. The summed E-state index contributed by atoms with van der Waals surface area (Å²) in [4.78, 5) is 26.9. The third kappa shape index (κ3) is 8.58. The van der Waals surface area contributed by atoms with Crippen LogP contribution in [-0.4, -0.2) is 41.6 Å². The minimum atomic E-state index is -0.389. The Morgan fingerprint density at radius 1 is 1.29 bits per heavy atom. The molecule has 34 heavy (non-hydrogen) atoms. The van der Waals surface area contributed by atoms with E-state index in [1.54, 1.807) is 30.4 Å². The summed E-state index contributed by atoms with van der Waals surface area (Å²) in [5.41, 5.74) is 2.51. The zero-order chi connectivity index (χ0) is 25.7. The summed E-state index contributed by atoms with van der Waals surface area (Å²) in [5, 5.41) is 6.57. The van der Waals surface area contributed by atoms with Crippen LogP contribution < -0.4 is 10.1 Å². The predicted octanol–water partition coefficient (Wildman–Crippen LogP) is 4.90. The maximum absolute atomic E-state index is 12.8. The average molecular weight is 470 g/mol. The fraction of sp³-hybridized carbons (Fsp3) is 0.519. The highest BCUT2D eigenvalue weighted by molar-refractivity contribution is 5.88. The van der Waals surface area contributed by atoms with Crippen LogP contribution in [0.2, 0.25) is 0 Å². The number of ether oxygens (including phenoxy) is 1. The molecule has 7 heteroatoms. The number of nitrogens with zero attached hydrogens (tertiary/aromatic N) is 2. The SMILES string of the molecule is C#Cc1ccc(C(C)NC(=O)C2CCCN2C(=O)CC(C)C)c(OC)c1.CC.Cc1ccon1. The lowest BCUT2D eigenvalue weighted by Crippen LogP contribution is -2.46. The largest absolute Gasteiger partial charge is 0.496 e. The van der Waals surface area contributed by atoms with Crippen LogP contribution in [0.25, 0.3) is 0 Å². The number of aromatic nitrogens is 1. The van der Waals surface area contributed by atoms with Crippen LogP contribution >= 0.6 is 0 Å². The van der Waals surface area contributed by atoms with E-state index < -0.39 is 0 Å². The summed E-state index contributed by atoms with van der Waals surface area (Å²) in [6.07, 6.45) is 9.01. The fourth-order valence-corrected chi connectivity index (χ4v) is 3.62. The van der Waals surface area contributed by atoms with E-state index in [9.17, 15) is 9.59 Å². The summed E-state index contributed by atoms with van der Waals surface area (Å²) in [6.45, 7) is 12.5. The third-order valence-electron chi connectivity index (χ3n) is 5.25. The molecule has 1 aromatic heterocycles. The molecule has 7 nitrogen and oxygen atoms in total. The smallest absolute Gasteiger partial charge is 0.243 e. The van der Waals surface area contributed by atoms with Gasteiger partial charge in [0.2, 0.25) is 11.8 Å². The van der Waals surface area contributed by atoms with Crippen LogP contribution in [0.1, 0.15) is 76.7 Å². The molecule has 0 bridgehead atoms. The molecule has 2 amide bonds. The molecule has 1 N–H and O–H groups in total. The number of aryl methyl sites for hydroxylation is 1. The van der Waals surface area contributed by atoms with Gasteiger partial charge in [0.05, 0.1) is 18.8 Å². The molecule has 2 heterocycles. The molecule has 0 saturated carbocycles. The monoisotopic (exact) mass is 469 g/mol. The lowest BCUT2D eigenvalue weighted by molar-refractivity contribution is -0.139. The number of likely N-dealkylation sites (tertiary alicyclic amines) is 1. The van der Waals surface area contributed by atoms with Crippen LogP contribution in [0, 0.1) is 25.2 Å². The van der Waals surface area contributed by atoms with Crippen LogP contribution in [0.4, 0.5) is 0 Å². The van der Waals surface area contributed by atoms with Gasteiger partial charge in [0.1, 0.15) is 18.1 Å². The normalized spacial score (nSPS) is 15.3. The van der Waals surface area contributed by atoms with Crippen LogP contribution in [0.5, 0.6) is 5.75 Å². The Labute approximate surface area is 204 Å². The van der Waals surface area contributed by atoms with Crippen LogP contribution in [0.15, 0.2) is 35.1 Å². The Hall–Kier alpha value is -3.27. The fourth-order valence-electron chi connectivity index (χ4n) is 3.62. The summed E-state index contributed by atoms with van der Waals surface area (Å²) in [5.74, 6) is 3.44. The average Bonchev–Trinajstić information content (AvgIpc) is 3.51. The summed E-state index contributed by atoms with van der Waals surface area (Å²) < 4.78 is 9.87. The van der Waals surface area contributed by atoms with Gasteiger partial charge in [-0.05, 0) is 44.7 Å². The second kappa shape index (κ2) is 14.8. The van der Waals surface area contributed by atoms with Crippen molar-refractivity contribution in [1.82, 2.24) is 15.4 Å². The molecule has 0 spiro atoms. The minimum absolute atomic E-state index is 0.0567. The summed E-state index contributed by atoms with van der Waals surface area (Å²) in [7, 11) is 1.58. The molecular formula is C27H39N3O4. The summed E-state index contributed by atoms with van der Waals surface area (Å²) in [6, 6.07) is 6.65. The number of benzene rings is 1. The lowest BCUT2D eigenvalue weighted by Gasteiger charge is -2.26. The van der Waals surface area contributed by atoms with E-state index in [0.29, 0.717) is 25.1 Å². The van der Waals surface area contributed by atoms with Crippen LogP contribution in [0.3, 0.4) is 0 Å². The second-order valence-corrected chi connectivity index (χ2v) is 8.32. The van der Waals surface area contributed by atoms with E-state index in [-0.39, 0.29) is 29.8 Å². The number of hydrogen-bond donors (Lipinski definition) is 1. The van der Waals surface area contributed by atoms with Crippen molar-refractivity contribution in [2.24, 2.45) is 5.92 Å². The topological polar surface area (TPSA) is 84.7 Å². The lowest BCUT2D eigenvalue weighted by atomic mass is 10.0. The third-order valence-corrected chi connectivity index (χ3v) is 5.25. The first-order chi connectivity index (χ1) is 16.3. The van der Waals surface area contributed by atoms with Crippen molar-refractivity contribution in [3.8, 4) is 18.1 Å². The number of terminal acetylenes is 1. The van der Waals surface area contributed by atoms with Gasteiger partial charge in [-0.1, -0.05) is 44.8 Å². The number of nitrogens with one attached hydrogen (secondary N) is 1. The number of carbonyl (C=O) groups is 2. The van der Waals surface area contributed by atoms with E-state index in [1.807, 2.05) is 53.7 Å². The quantitative estimate of drug-likeness (QED) is 0.608. The maximum Gasteiger partial charge on any atom is 0.243 e. The molecule has 2 aromatic rings. The Kier molecular flexibility index (Phi) is 12.5. The maximum atomic E-state index is 12.8. The predicted molar refractivity (Wildman–Crippen MR) is 134 cm³/mol. The van der Waals surface area contributed by atoms with Crippen molar-refractivity contribution in [3.05, 3.63) is 47.3 Å². The zero-order valence-electron chi connectivity index (χ0n) is 21.6. The second-order valence-electron chi connectivity index (χ2n) is 8.32. The molecule has 1 saturated heterocycles. The molecule has 1 fully saturated rings. The van der Waals surface area contributed by atoms with E-state index in [4.69, 9.17) is 11.2 Å². The first-order valence-corrected chi connectivity index (χ1v) is 11.9. The molecule has 2 atom stereocenters. The van der Waals surface area contributed by atoms with E-state index in [2.05, 4.69) is 20.9 Å². The highest BCUT2D eigenvalue weighted by Crippen LogP contribution is 2.27. The molecular weight excluding hydrogens is 430 g/mol. The van der Waals surface area contributed by atoms with Crippen LogP contribution in [-0.2, 0) is 9.59 Å². The van der Waals surface area contributed by atoms with Crippen molar-refractivity contribution < 1.29 is 18.8 Å². The standard InChI is InChI=1S/C21H28N2O3.C4H5NO.C2H6/c1-6-16-9-10-17(19(13-16)26-5)15(4)22-21(25)18-8-7-11-23(18)20(24)12-14(2)3;1-4-2-3-6-5-4;1-2/h1,9-10,13-15,18H,7-8,11-12H2,2-5H3,(H,22,25);2-3H,1H3;1-2H3. The Balaban J connectivity index is 0.000000615. The highest BCUT2D eigenvalue weighted by Gasteiger charge is 2.34. The van der Waals surface area contributed by atoms with E-state index >= 15 is 0 Å². The van der Waals surface area contributed by atoms with Gasteiger partial charge >= 0.3 is 0 Å². The number of hydrogen-bond acceptors (Lipinski definition) is 5. The van der Waals surface area contributed by atoms with Gasteiger partial charge in [0, 0.05) is 30.2 Å². The van der Waals surface area contributed by atoms with E-state index in [1.165, 1.54) is 0 Å². The first-order valence-electron chi connectivity index (χ1n) is 11.9. The van der Waals surface area contributed by atoms with Gasteiger partial charge in [0.25, 0.3) is 0 Å². The molecule has 0 radical (unpaired) electrons. The Bertz CT molecular complexity index is 932. The van der Waals surface area contributed by atoms with Gasteiger partial charge < -0.3 is 19.5 Å². The van der Waals surface area contributed by atoms with Gasteiger partial charge in [-0.25, -0.2) is 0 Å². The molecule has 1 aromatic carbocycles. The van der Waals surface area contributed by atoms with Crippen molar-refractivity contribution in [2.45, 2.75) is 72.9 Å². The van der Waals surface area contributed by atoms with Gasteiger partial charge in [-0.3, -0.25) is 9.59 Å². The van der Waals surface area contributed by atoms with Crippen molar-refractivity contribution >= 4 is 11.8 Å². The molecule has 2 unspecified atom stereocenters.